The van der Waals surface area contributed by atoms with Gasteiger partial charge in [0.1, 0.15) is 0 Å². The molecule has 3 rings (SSSR count). The van der Waals surface area contributed by atoms with E-state index in [2.05, 4.69) is 15.5 Å². The number of carbonyl (C=O) groups is 2. The fourth-order valence-corrected chi connectivity index (χ4v) is 4.89. The Morgan fingerprint density at radius 2 is 1.52 bits per heavy atom. The lowest BCUT2D eigenvalue weighted by Crippen LogP contribution is -2.47. The SMILES string of the molecule is CNC1CCN(C(=O)C2CCC(NC(=O)CC3CCCC3)CC2)CC1. The second-order valence-electron chi connectivity index (χ2n) is 8.36. The first kappa shape index (κ1) is 18.7. The zero-order chi connectivity index (χ0) is 17.6. The zero-order valence-corrected chi connectivity index (χ0v) is 15.8. The third-order valence-electron chi connectivity index (χ3n) is 6.61. The Kier molecular flexibility index (Phi) is 6.74. The lowest BCUT2D eigenvalue weighted by molar-refractivity contribution is -0.137. The minimum absolute atomic E-state index is 0.175. The number of nitrogens with zero attached hydrogens (tertiary/aromatic N) is 1. The van der Waals surface area contributed by atoms with Crippen molar-refractivity contribution in [2.75, 3.05) is 20.1 Å². The highest BCUT2D eigenvalue weighted by Crippen LogP contribution is 2.29. The minimum atomic E-state index is 0.175. The van der Waals surface area contributed by atoms with E-state index in [9.17, 15) is 9.59 Å². The van der Waals surface area contributed by atoms with Gasteiger partial charge >= 0.3 is 0 Å². The molecule has 1 saturated heterocycles. The van der Waals surface area contributed by atoms with Crippen LogP contribution >= 0.6 is 0 Å². The van der Waals surface area contributed by atoms with E-state index in [1.165, 1.54) is 25.7 Å². The molecule has 2 saturated carbocycles. The molecule has 5 nitrogen and oxygen atoms in total. The maximum Gasteiger partial charge on any atom is 0.225 e. The van der Waals surface area contributed by atoms with Crippen LogP contribution in [0.1, 0.15) is 70.6 Å². The van der Waals surface area contributed by atoms with Gasteiger partial charge in [-0.2, -0.15) is 0 Å². The topological polar surface area (TPSA) is 61.4 Å². The van der Waals surface area contributed by atoms with Crippen LogP contribution in [-0.2, 0) is 9.59 Å². The molecule has 2 aliphatic carbocycles. The van der Waals surface area contributed by atoms with Crippen molar-refractivity contribution < 1.29 is 9.59 Å². The van der Waals surface area contributed by atoms with Crippen LogP contribution in [0.15, 0.2) is 0 Å². The van der Waals surface area contributed by atoms with Gasteiger partial charge < -0.3 is 15.5 Å². The Labute approximate surface area is 152 Å². The second kappa shape index (κ2) is 9.02. The van der Waals surface area contributed by atoms with Gasteiger partial charge in [-0.3, -0.25) is 9.59 Å². The van der Waals surface area contributed by atoms with Crippen LogP contribution in [0.4, 0.5) is 0 Å². The second-order valence-corrected chi connectivity index (χ2v) is 8.36. The van der Waals surface area contributed by atoms with Gasteiger partial charge in [0.2, 0.25) is 11.8 Å². The van der Waals surface area contributed by atoms with Gasteiger partial charge in [-0.05, 0) is 64.3 Å². The normalized spacial score (nSPS) is 28.9. The Bertz CT molecular complexity index is 446. The van der Waals surface area contributed by atoms with Crippen LogP contribution in [-0.4, -0.2) is 48.9 Å². The van der Waals surface area contributed by atoms with E-state index in [1.54, 1.807) is 0 Å². The number of nitrogens with one attached hydrogen (secondary N) is 2. The largest absolute Gasteiger partial charge is 0.353 e. The minimum Gasteiger partial charge on any atom is -0.353 e. The number of likely N-dealkylation sites (tertiary alicyclic amines) is 1. The lowest BCUT2D eigenvalue weighted by Gasteiger charge is -2.36. The van der Waals surface area contributed by atoms with Gasteiger partial charge in [-0.25, -0.2) is 0 Å². The van der Waals surface area contributed by atoms with Gasteiger partial charge in [-0.15, -0.1) is 0 Å². The predicted molar refractivity (Wildman–Crippen MR) is 99.1 cm³/mol. The molecule has 1 heterocycles. The monoisotopic (exact) mass is 349 g/mol. The summed E-state index contributed by atoms with van der Waals surface area (Å²) in [5.74, 6) is 1.37. The van der Waals surface area contributed by atoms with Crippen molar-refractivity contribution >= 4 is 11.8 Å². The van der Waals surface area contributed by atoms with Gasteiger partial charge in [0.15, 0.2) is 0 Å². The molecular weight excluding hydrogens is 314 g/mol. The molecule has 0 radical (unpaired) electrons. The van der Waals surface area contributed by atoms with Crippen molar-refractivity contribution in [2.24, 2.45) is 11.8 Å². The maximum absolute atomic E-state index is 12.7. The Hall–Kier alpha value is -1.10. The summed E-state index contributed by atoms with van der Waals surface area (Å²) in [4.78, 5) is 27.0. The van der Waals surface area contributed by atoms with Crippen molar-refractivity contribution in [1.82, 2.24) is 15.5 Å². The van der Waals surface area contributed by atoms with Crippen molar-refractivity contribution in [1.29, 1.82) is 0 Å². The van der Waals surface area contributed by atoms with Gasteiger partial charge in [-0.1, -0.05) is 12.8 Å². The zero-order valence-electron chi connectivity index (χ0n) is 15.8. The van der Waals surface area contributed by atoms with Crippen LogP contribution in [0.3, 0.4) is 0 Å². The molecule has 2 N–H and O–H groups in total. The number of rotatable bonds is 5. The molecular formula is C20H35N3O2. The molecule has 25 heavy (non-hydrogen) atoms. The third-order valence-corrected chi connectivity index (χ3v) is 6.61. The first-order chi connectivity index (χ1) is 12.2. The maximum atomic E-state index is 12.7. The average molecular weight is 350 g/mol. The molecule has 0 unspecified atom stereocenters. The van der Waals surface area contributed by atoms with E-state index in [-0.39, 0.29) is 17.9 Å². The molecule has 0 bridgehead atoms. The van der Waals surface area contributed by atoms with E-state index in [0.29, 0.717) is 24.3 Å². The first-order valence-electron chi connectivity index (χ1n) is 10.4. The highest BCUT2D eigenvalue weighted by atomic mass is 16.2. The number of amides is 2. The first-order valence-corrected chi connectivity index (χ1v) is 10.4. The van der Waals surface area contributed by atoms with Crippen molar-refractivity contribution in [3.8, 4) is 0 Å². The quantitative estimate of drug-likeness (QED) is 0.801. The van der Waals surface area contributed by atoms with E-state index in [1.807, 2.05) is 7.05 Å². The average Bonchev–Trinajstić information content (AvgIpc) is 3.14. The summed E-state index contributed by atoms with van der Waals surface area (Å²) in [7, 11) is 2.00. The molecule has 0 aromatic carbocycles. The van der Waals surface area contributed by atoms with Crippen LogP contribution in [0, 0.1) is 11.8 Å². The predicted octanol–water partition coefficient (Wildman–Crippen LogP) is 2.45. The molecule has 3 fully saturated rings. The summed E-state index contributed by atoms with van der Waals surface area (Å²) in [5, 5.41) is 6.54. The van der Waals surface area contributed by atoms with Crippen LogP contribution in [0.5, 0.6) is 0 Å². The molecule has 0 aromatic heterocycles. The Morgan fingerprint density at radius 3 is 2.12 bits per heavy atom. The standard InChI is InChI=1S/C20H35N3O2/c1-21-17-10-12-23(13-11-17)20(25)16-6-8-18(9-7-16)22-19(24)14-15-4-2-3-5-15/h15-18,21H,2-14H2,1H3,(H,22,24). The van der Waals surface area contributed by atoms with Gasteiger partial charge in [0.25, 0.3) is 0 Å². The lowest BCUT2D eigenvalue weighted by atomic mass is 9.84. The number of hydrogen-bond donors (Lipinski definition) is 2. The smallest absolute Gasteiger partial charge is 0.225 e. The molecule has 2 amide bonds. The van der Waals surface area contributed by atoms with Crippen molar-refractivity contribution in [3.05, 3.63) is 0 Å². The number of piperidine rings is 1. The molecule has 0 aromatic rings. The molecule has 0 atom stereocenters. The number of carbonyl (C=O) groups excluding carboxylic acids is 2. The van der Waals surface area contributed by atoms with Crippen molar-refractivity contribution in [3.63, 3.8) is 0 Å². The number of hydrogen-bond acceptors (Lipinski definition) is 3. The Balaban J connectivity index is 1.36. The summed E-state index contributed by atoms with van der Waals surface area (Å²) in [5.41, 5.74) is 0. The molecule has 3 aliphatic rings. The van der Waals surface area contributed by atoms with Crippen LogP contribution in [0.25, 0.3) is 0 Å². The molecule has 5 heteroatoms. The van der Waals surface area contributed by atoms with Crippen LogP contribution in [0.2, 0.25) is 0 Å². The summed E-state index contributed by atoms with van der Waals surface area (Å²) in [6, 6.07) is 0.850. The Morgan fingerprint density at radius 1 is 0.880 bits per heavy atom. The highest BCUT2D eigenvalue weighted by Gasteiger charge is 2.32. The van der Waals surface area contributed by atoms with Gasteiger partial charge in [0, 0.05) is 37.5 Å². The molecule has 142 valence electrons. The summed E-state index contributed by atoms with van der Waals surface area (Å²) in [6.07, 6.45) is 11.6. The fourth-order valence-electron chi connectivity index (χ4n) is 4.89. The van der Waals surface area contributed by atoms with E-state index in [4.69, 9.17) is 0 Å². The fraction of sp³-hybridized carbons (Fsp3) is 0.900. The van der Waals surface area contributed by atoms with Crippen LogP contribution < -0.4 is 10.6 Å². The molecule has 1 aliphatic heterocycles. The third kappa shape index (κ3) is 5.19. The highest BCUT2D eigenvalue weighted by molar-refractivity contribution is 5.79. The van der Waals surface area contributed by atoms with Crippen molar-refractivity contribution in [2.45, 2.75) is 82.7 Å². The summed E-state index contributed by atoms with van der Waals surface area (Å²) in [6.45, 7) is 1.78. The summed E-state index contributed by atoms with van der Waals surface area (Å²) < 4.78 is 0. The van der Waals surface area contributed by atoms with Gasteiger partial charge in [0.05, 0.1) is 0 Å². The van der Waals surface area contributed by atoms with E-state index in [0.717, 1.165) is 51.6 Å². The van der Waals surface area contributed by atoms with E-state index >= 15 is 0 Å². The molecule has 0 spiro atoms. The van der Waals surface area contributed by atoms with E-state index < -0.39 is 0 Å². The summed E-state index contributed by atoms with van der Waals surface area (Å²) >= 11 is 0.